The number of hydrogen-bond donors (Lipinski definition) is 2. The van der Waals surface area contributed by atoms with Crippen LogP contribution in [0.4, 0.5) is 4.39 Å². The summed E-state index contributed by atoms with van der Waals surface area (Å²) in [5, 5.41) is 0. The van der Waals surface area contributed by atoms with Crippen molar-refractivity contribution in [3.8, 4) is 16.9 Å². The molecule has 20 heavy (non-hydrogen) atoms. The lowest BCUT2D eigenvalue weighted by molar-refractivity contribution is -0.370. The molecule has 0 radical (unpaired) electrons. The fourth-order valence-electron chi connectivity index (χ4n) is 1.85. The summed E-state index contributed by atoms with van der Waals surface area (Å²) in [7, 11) is 0. The lowest BCUT2D eigenvalue weighted by Crippen LogP contribution is -2.52. The number of carbonyl (C=O) groups is 1. The molecule has 5 N–H and O–H groups in total. The van der Waals surface area contributed by atoms with E-state index in [2.05, 4.69) is 5.73 Å². The van der Waals surface area contributed by atoms with Gasteiger partial charge in [-0.25, -0.2) is 4.39 Å². The van der Waals surface area contributed by atoms with E-state index >= 15 is 0 Å². The Balaban J connectivity index is 2.47. The predicted molar refractivity (Wildman–Crippen MR) is 73.6 cm³/mol. The normalized spacial score (nSPS) is 10.3. The van der Waals surface area contributed by atoms with Crippen LogP contribution in [0.3, 0.4) is 0 Å². The summed E-state index contributed by atoms with van der Waals surface area (Å²) >= 11 is 0. The van der Waals surface area contributed by atoms with Crippen molar-refractivity contribution in [2.45, 2.75) is 0 Å². The Hall–Kier alpha value is -2.40. The van der Waals surface area contributed by atoms with E-state index in [9.17, 15) is 9.18 Å². The molecule has 0 aliphatic carbocycles. The van der Waals surface area contributed by atoms with Crippen LogP contribution < -0.4 is 16.2 Å². The second-order valence-corrected chi connectivity index (χ2v) is 4.28. The molecule has 0 aliphatic heterocycles. The number of nitrogens with two attached hydrogens (primary N) is 1. The van der Waals surface area contributed by atoms with Crippen molar-refractivity contribution in [1.29, 1.82) is 0 Å². The van der Waals surface area contributed by atoms with E-state index in [0.29, 0.717) is 30.0 Å². The predicted octanol–water partition coefficient (Wildman–Crippen LogP) is 1.21. The summed E-state index contributed by atoms with van der Waals surface area (Å²) in [5.74, 6) is -0.220. The molecule has 0 unspecified atom stereocenters. The SMILES string of the molecule is NC(=O)c1ccc(OCC[NH3+])c(-c2ccc(F)cc2)c1. The lowest BCUT2D eigenvalue weighted by atomic mass is 10.0. The van der Waals surface area contributed by atoms with Gasteiger partial charge in [-0.3, -0.25) is 4.79 Å². The minimum Gasteiger partial charge on any atom is -0.487 e. The van der Waals surface area contributed by atoms with Crippen LogP contribution in [0.15, 0.2) is 42.5 Å². The van der Waals surface area contributed by atoms with Crippen LogP contribution in [0.1, 0.15) is 10.4 Å². The van der Waals surface area contributed by atoms with Crippen LogP contribution in [0, 0.1) is 5.82 Å². The number of primary amides is 1. The van der Waals surface area contributed by atoms with E-state index in [1.807, 2.05) is 0 Å². The van der Waals surface area contributed by atoms with Crippen molar-refractivity contribution in [2.24, 2.45) is 5.73 Å². The molecule has 2 aromatic carbocycles. The molecule has 0 spiro atoms. The molecule has 0 heterocycles. The third kappa shape index (κ3) is 3.13. The molecule has 0 fully saturated rings. The lowest BCUT2D eigenvalue weighted by Gasteiger charge is -2.12. The summed E-state index contributed by atoms with van der Waals surface area (Å²) < 4.78 is 18.6. The fourth-order valence-corrected chi connectivity index (χ4v) is 1.85. The second-order valence-electron chi connectivity index (χ2n) is 4.28. The summed E-state index contributed by atoms with van der Waals surface area (Å²) in [6.45, 7) is 1.09. The molecule has 0 saturated heterocycles. The molecular weight excluding hydrogens is 259 g/mol. The zero-order valence-electron chi connectivity index (χ0n) is 10.9. The highest BCUT2D eigenvalue weighted by molar-refractivity contribution is 5.94. The van der Waals surface area contributed by atoms with Gasteiger partial charge in [0.15, 0.2) is 0 Å². The maximum absolute atomic E-state index is 13.0. The van der Waals surface area contributed by atoms with Crippen molar-refractivity contribution in [3.05, 3.63) is 53.8 Å². The topological polar surface area (TPSA) is 80.0 Å². The van der Waals surface area contributed by atoms with Crippen LogP contribution in [0.5, 0.6) is 5.75 Å². The van der Waals surface area contributed by atoms with Crippen molar-refractivity contribution in [2.75, 3.05) is 13.2 Å². The van der Waals surface area contributed by atoms with E-state index in [-0.39, 0.29) is 5.82 Å². The first-order valence-corrected chi connectivity index (χ1v) is 6.23. The minimum absolute atomic E-state index is 0.319. The van der Waals surface area contributed by atoms with E-state index in [1.54, 1.807) is 30.3 Å². The maximum atomic E-state index is 13.0. The highest BCUT2D eigenvalue weighted by atomic mass is 19.1. The Labute approximate surface area is 116 Å². The zero-order chi connectivity index (χ0) is 14.5. The van der Waals surface area contributed by atoms with Crippen molar-refractivity contribution in [1.82, 2.24) is 0 Å². The number of ether oxygens (including phenoxy) is 1. The molecule has 104 valence electrons. The number of halogens is 1. The average Bonchev–Trinajstić information content (AvgIpc) is 2.45. The maximum Gasteiger partial charge on any atom is 0.248 e. The van der Waals surface area contributed by atoms with Crippen molar-refractivity contribution >= 4 is 5.91 Å². The highest BCUT2D eigenvalue weighted by Gasteiger charge is 2.10. The number of benzene rings is 2. The Bertz CT molecular complexity index is 612. The monoisotopic (exact) mass is 275 g/mol. The zero-order valence-corrected chi connectivity index (χ0v) is 10.9. The van der Waals surface area contributed by atoms with Gasteiger partial charge in [-0.05, 0) is 35.9 Å². The summed E-state index contributed by atoms with van der Waals surface area (Å²) in [4.78, 5) is 11.3. The molecule has 5 heteroatoms. The van der Waals surface area contributed by atoms with E-state index in [4.69, 9.17) is 10.5 Å². The highest BCUT2D eigenvalue weighted by Crippen LogP contribution is 2.31. The van der Waals surface area contributed by atoms with Crippen molar-refractivity contribution in [3.63, 3.8) is 0 Å². The second kappa shape index (κ2) is 6.16. The quantitative estimate of drug-likeness (QED) is 0.860. The number of rotatable bonds is 5. The molecule has 4 nitrogen and oxygen atoms in total. The van der Waals surface area contributed by atoms with Gasteiger partial charge in [-0.2, -0.15) is 0 Å². The van der Waals surface area contributed by atoms with Gasteiger partial charge in [-0.15, -0.1) is 0 Å². The van der Waals surface area contributed by atoms with Crippen LogP contribution in [-0.2, 0) is 0 Å². The number of quaternary nitrogens is 1. The first-order chi connectivity index (χ1) is 9.61. The molecule has 0 atom stereocenters. The molecule has 0 aliphatic rings. The third-order valence-electron chi connectivity index (χ3n) is 2.82. The molecule has 0 saturated carbocycles. The average molecular weight is 275 g/mol. The molecule has 1 amide bonds. The number of amides is 1. The van der Waals surface area contributed by atoms with Gasteiger partial charge in [0.25, 0.3) is 0 Å². The molecule has 2 aromatic rings. The van der Waals surface area contributed by atoms with Gasteiger partial charge in [-0.1, -0.05) is 12.1 Å². The van der Waals surface area contributed by atoms with Gasteiger partial charge in [0.1, 0.15) is 24.7 Å². The fraction of sp³-hybridized carbons (Fsp3) is 0.133. The first-order valence-electron chi connectivity index (χ1n) is 6.23. The van der Waals surface area contributed by atoms with Crippen molar-refractivity contribution < 1.29 is 19.7 Å². The molecular formula is C15H16FN2O2+. The van der Waals surface area contributed by atoms with E-state index in [0.717, 1.165) is 5.56 Å². The Kier molecular flexibility index (Phi) is 4.32. The van der Waals surface area contributed by atoms with Gasteiger partial charge in [0.05, 0.1) is 0 Å². The van der Waals surface area contributed by atoms with Gasteiger partial charge >= 0.3 is 0 Å². The van der Waals surface area contributed by atoms with Gasteiger partial charge < -0.3 is 16.2 Å². The summed E-state index contributed by atoms with van der Waals surface area (Å²) in [6.07, 6.45) is 0. The minimum atomic E-state index is -0.517. The standard InChI is InChI=1S/C15H15FN2O2/c16-12-4-1-10(2-5-12)13-9-11(15(18)19)3-6-14(13)20-8-7-17/h1-6,9H,7-8,17H2,(H2,18,19)/p+1. The largest absolute Gasteiger partial charge is 0.487 e. The Morgan fingerprint density at radius 1 is 1.20 bits per heavy atom. The van der Waals surface area contributed by atoms with E-state index in [1.165, 1.54) is 12.1 Å². The summed E-state index contributed by atoms with van der Waals surface area (Å²) in [6, 6.07) is 10.9. The number of carbonyl (C=O) groups excluding carboxylic acids is 1. The van der Waals surface area contributed by atoms with E-state index < -0.39 is 5.91 Å². The molecule has 0 aromatic heterocycles. The van der Waals surface area contributed by atoms with Crippen LogP contribution >= 0.6 is 0 Å². The first kappa shape index (κ1) is 14.0. The molecule has 2 rings (SSSR count). The number of hydrogen-bond acceptors (Lipinski definition) is 2. The third-order valence-corrected chi connectivity index (χ3v) is 2.82. The Morgan fingerprint density at radius 3 is 2.50 bits per heavy atom. The summed E-state index contributed by atoms with van der Waals surface area (Å²) in [5.41, 5.74) is 10.8. The smallest absolute Gasteiger partial charge is 0.248 e. The van der Waals surface area contributed by atoms with Crippen LogP contribution in [0.2, 0.25) is 0 Å². The van der Waals surface area contributed by atoms with Crippen LogP contribution in [0.25, 0.3) is 11.1 Å². The van der Waals surface area contributed by atoms with Gasteiger partial charge in [0.2, 0.25) is 5.91 Å². The molecule has 0 bridgehead atoms. The van der Waals surface area contributed by atoms with Crippen LogP contribution in [-0.4, -0.2) is 19.1 Å². The van der Waals surface area contributed by atoms with Gasteiger partial charge in [0, 0.05) is 11.1 Å². The Morgan fingerprint density at radius 2 is 1.90 bits per heavy atom.